The first-order valence-corrected chi connectivity index (χ1v) is 7.45. The third kappa shape index (κ3) is 4.98. The minimum Gasteiger partial charge on any atom is -0.361 e. The van der Waals surface area contributed by atoms with Crippen LogP contribution in [0, 0.1) is 22.0 Å². The molecule has 0 atom stereocenters. The van der Waals surface area contributed by atoms with Gasteiger partial charge in [0.2, 0.25) is 11.6 Å². The van der Waals surface area contributed by atoms with Crippen molar-refractivity contribution in [2.24, 2.45) is 11.8 Å². The van der Waals surface area contributed by atoms with Crippen molar-refractivity contribution in [1.29, 1.82) is 0 Å². The van der Waals surface area contributed by atoms with E-state index in [1.54, 1.807) is 6.08 Å². The van der Waals surface area contributed by atoms with E-state index >= 15 is 0 Å². The number of nitro groups is 1. The summed E-state index contributed by atoms with van der Waals surface area (Å²) in [4.78, 5) is 21.2. The first-order chi connectivity index (χ1) is 10.4. The van der Waals surface area contributed by atoms with Crippen molar-refractivity contribution in [3.63, 3.8) is 0 Å². The lowest BCUT2D eigenvalue weighted by Gasteiger charge is -2.27. The van der Waals surface area contributed by atoms with E-state index in [1.165, 1.54) is 6.33 Å². The van der Waals surface area contributed by atoms with E-state index in [2.05, 4.69) is 49.6 Å². The molecule has 22 heavy (non-hydrogen) atoms. The average molecular weight is 307 g/mol. The molecule has 0 aromatic carbocycles. The minimum atomic E-state index is -0.422. The van der Waals surface area contributed by atoms with Gasteiger partial charge < -0.3 is 10.2 Å². The Kier molecular flexibility index (Phi) is 6.75. The Bertz CT molecular complexity index is 507. The highest BCUT2D eigenvalue weighted by Crippen LogP contribution is 2.32. The predicted molar refractivity (Wildman–Crippen MR) is 89.3 cm³/mol. The average Bonchev–Trinajstić information content (AvgIpc) is 2.42. The van der Waals surface area contributed by atoms with Crippen LogP contribution >= 0.6 is 0 Å². The van der Waals surface area contributed by atoms with Gasteiger partial charge in [-0.3, -0.25) is 10.1 Å². The second kappa shape index (κ2) is 8.31. The molecule has 1 aromatic rings. The fourth-order valence-electron chi connectivity index (χ4n) is 2.20. The van der Waals surface area contributed by atoms with Crippen LogP contribution in [0.25, 0.3) is 0 Å². The number of aromatic nitrogens is 2. The van der Waals surface area contributed by atoms with Crippen molar-refractivity contribution < 1.29 is 4.92 Å². The van der Waals surface area contributed by atoms with Gasteiger partial charge >= 0.3 is 5.69 Å². The molecule has 1 aromatic heterocycles. The predicted octanol–water partition coefficient (Wildman–Crippen LogP) is 3.10. The fourth-order valence-corrected chi connectivity index (χ4v) is 2.20. The van der Waals surface area contributed by atoms with Crippen LogP contribution in [-0.2, 0) is 0 Å². The summed E-state index contributed by atoms with van der Waals surface area (Å²) in [6.45, 7) is 13.7. The molecule has 0 saturated heterocycles. The van der Waals surface area contributed by atoms with Gasteiger partial charge in [-0.05, 0) is 11.8 Å². The van der Waals surface area contributed by atoms with Gasteiger partial charge in [0.1, 0.15) is 6.33 Å². The van der Waals surface area contributed by atoms with E-state index in [0.717, 1.165) is 0 Å². The highest BCUT2D eigenvalue weighted by Gasteiger charge is 2.27. The summed E-state index contributed by atoms with van der Waals surface area (Å²) in [5.74, 6) is 1.34. The van der Waals surface area contributed by atoms with Gasteiger partial charge in [-0.1, -0.05) is 33.8 Å². The molecule has 0 amide bonds. The Morgan fingerprint density at radius 3 is 2.36 bits per heavy atom. The maximum atomic E-state index is 11.5. The van der Waals surface area contributed by atoms with Crippen LogP contribution in [0.5, 0.6) is 0 Å². The third-order valence-electron chi connectivity index (χ3n) is 2.87. The third-order valence-corrected chi connectivity index (χ3v) is 2.87. The van der Waals surface area contributed by atoms with Crippen molar-refractivity contribution >= 4 is 17.3 Å². The molecular weight excluding hydrogens is 282 g/mol. The van der Waals surface area contributed by atoms with Gasteiger partial charge in [0.15, 0.2) is 0 Å². The molecule has 0 aliphatic rings. The molecular formula is C15H25N5O2. The molecule has 1 N–H and O–H groups in total. The van der Waals surface area contributed by atoms with Gasteiger partial charge in [-0.25, -0.2) is 9.97 Å². The van der Waals surface area contributed by atoms with Crippen molar-refractivity contribution in [1.82, 2.24) is 9.97 Å². The molecule has 0 unspecified atom stereocenters. The van der Waals surface area contributed by atoms with Crippen LogP contribution in [0.4, 0.5) is 17.3 Å². The molecule has 0 bridgehead atoms. The van der Waals surface area contributed by atoms with Crippen LogP contribution in [0.3, 0.4) is 0 Å². The molecule has 0 spiro atoms. The standard InChI is InChI=1S/C15H25N5O2/c1-6-7-16-14-13(20(21)22)15(18-10-17-14)19(8-11(2)3)9-12(4)5/h6,10-12H,1,7-9H2,2-5H3,(H,16,17,18). The van der Waals surface area contributed by atoms with E-state index in [4.69, 9.17) is 0 Å². The van der Waals surface area contributed by atoms with Gasteiger partial charge in [0.25, 0.3) is 0 Å². The molecule has 0 aliphatic heterocycles. The van der Waals surface area contributed by atoms with Gasteiger partial charge in [-0.2, -0.15) is 0 Å². The number of hydrogen-bond acceptors (Lipinski definition) is 6. The lowest BCUT2D eigenvalue weighted by Crippen LogP contribution is -2.32. The number of nitrogens with zero attached hydrogens (tertiary/aromatic N) is 4. The molecule has 7 heteroatoms. The van der Waals surface area contributed by atoms with E-state index in [0.29, 0.717) is 37.3 Å². The van der Waals surface area contributed by atoms with Crippen molar-refractivity contribution in [2.45, 2.75) is 27.7 Å². The molecule has 7 nitrogen and oxygen atoms in total. The van der Waals surface area contributed by atoms with Crippen LogP contribution in [0.15, 0.2) is 19.0 Å². The Hall–Kier alpha value is -2.18. The largest absolute Gasteiger partial charge is 0.361 e. The first-order valence-electron chi connectivity index (χ1n) is 7.45. The first kappa shape index (κ1) is 17.9. The highest BCUT2D eigenvalue weighted by atomic mass is 16.6. The van der Waals surface area contributed by atoms with E-state index in [-0.39, 0.29) is 11.5 Å². The van der Waals surface area contributed by atoms with E-state index < -0.39 is 4.92 Å². The normalized spacial score (nSPS) is 10.8. The Labute approximate surface area is 131 Å². The number of anilines is 2. The Morgan fingerprint density at radius 2 is 1.91 bits per heavy atom. The van der Waals surface area contributed by atoms with E-state index in [9.17, 15) is 10.1 Å². The topological polar surface area (TPSA) is 84.2 Å². The smallest absolute Gasteiger partial charge is 0.353 e. The summed E-state index contributed by atoms with van der Waals surface area (Å²) < 4.78 is 0. The summed E-state index contributed by atoms with van der Waals surface area (Å²) in [5, 5.41) is 14.4. The number of rotatable bonds is 9. The van der Waals surface area contributed by atoms with Crippen LogP contribution in [-0.4, -0.2) is 34.5 Å². The van der Waals surface area contributed by atoms with Crippen LogP contribution < -0.4 is 10.2 Å². The monoisotopic (exact) mass is 307 g/mol. The SMILES string of the molecule is C=CCNc1ncnc(N(CC(C)C)CC(C)C)c1[N+](=O)[O-]. The van der Waals surface area contributed by atoms with Crippen LogP contribution in [0.1, 0.15) is 27.7 Å². The Morgan fingerprint density at radius 1 is 1.32 bits per heavy atom. The zero-order valence-corrected chi connectivity index (χ0v) is 13.7. The van der Waals surface area contributed by atoms with Crippen molar-refractivity contribution in [3.05, 3.63) is 29.1 Å². The highest BCUT2D eigenvalue weighted by molar-refractivity contribution is 5.70. The van der Waals surface area contributed by atoms with E-state index in [1.807, 2.05) is 4.90 Å². The number of nitrogens with one attached hydrogen (secondary N) is 1. The van der Waals surface area contributed by atoms with Crippen molar-refractivity contribution in [3.8, 4) is 0 Å². The summed E-state index contributed by atoms with van der Waals surface area (Å²) in [7, 11) is 0. The van der Waals surface area contributed by atoms with Gasteiger partial charge in [0, 0.05) is 19.6 Å². The fraction of sp³-hybridized carbons (Fsp3) is 0.600. The quantitative estimate of drug-likeness (QED) is 0.429. The molecule has 0 saturated carbocycles. The molecule has 122 valence electrons. The second-order valence-electron chi connectivity index (χ2n) is 6.01. The molecule has 1 heterocycles. The van der Waals surface area contributed by atoms with Crippen molar-refractivity contribution in [2.75, 3.05) is 29.9 Å². The van der Waals surface area contributed by atoms with Gasteiger partial charge in [0.05, 0.1) is 4.92 Å². The summed E-state index contributed by atoms with van der Waals surface area (Å²) in [5.41, 5.74) is -0.0781. The Balaban J connectivity index is 3.27. The molecule has 1 rings (SSSR count). The molecule has 0 radical (unpaired) electrons. The zero-order valence-electron chi connectivity index (χ0n) is 13.7. The maximum absolute atomic E-state index is 11.5. The molecule has 0 fully saturated rings. The minimum absolute atomic E-state index is 0.0781. The lowest BCUT2D eigenvalue weighted by atomic mass is 10.1. The molecule has 0 aliphatic carbocycles. The maximum Gasteiger partial charge on any atom is 0.353 e. The van der Waals surface area contributed by atoms with Gasteiger partial charge in [-0.15, -0.1) is 6.58 Å². The number of hydrogen-bond donors (Lipinski definition) is 1. The lowest BCUT2D eigenvalue weighted by molar-refractivity contribution is -0.383. The second-order valence-corrected chi connectivity index (χ2v) is 6.01. The van der Waals surface area contributed by atoms with Crippen LogP contribution in [0.2, 0.25) is 0 Å². The summed E-state index contributed by atoms with van der Waals surface area (Å²) in [6.07, 6.45) is 2.99. The zero-order chi connectivity index (χ0) is 16.7. The summed E-state index contributed by atoms with van der Waals surface area (Å²) in [6, 6.07) is 0. The summed E-state index contributed by atoms with van der Waals surface area (Å²) >= 11 is 0.